The molecular weight excluding hydrogens is 278 g/mol. The zero-order chi connectivity index (χ0) is 15.6. The van der Waals surface area contributed by atoms with Crippen LogP contribution in [0.15, 0.2) is 23.1 Å². The topological polar surface area (TPSA) is 118 Å². The van der Waals surface area contributed by atoms with Crippen LogP contribution < -0.4 is 16.2 Å². The normalized spacial score (nSPS) is 14.1. The predicted octanol–water partition coefficient (Wildman–Crippen LogP) is 1.13. The van der Waals surface area contributed by atoms with Crippen LogP contribution in [0.2, 0.25) is 0 Å². The summed E-state index contributed by atoms with van der Waals surface area (Å²) in [5.74, 6) is 0. The van der Waals surface area contributed by atoms with E-state index in [2.05, 4.69) is 26.1 Å². The zero-order valence-corrected chi connectivity index (χ0v) is 12.9. The van der Waals surface area contributed by atoms with Gasteiger partial charge in [-0.2, -0.15) is 0 Å². The molecule has 0 aliphatic carbocycles. The highest BCUT2D eigenvalue weighted by molar-refractivity contribution is 7.89. The van der Waals surface area contributed by atoms with Gasteiger partial charge >= 0.3 is 0 Å². The molecular formula is C13H23N3O3S. The number of primary sulfonamides is 1. The van der Waals surface area contributed by atoms with E-state index in [4.69, 9.17) is 16.0 Å². The molecule has 0 aliphatic rings. The Labute approximate surface area is 120 Å². The van der Waals surface area contributed by atoms with Crippen molar-refractivity contribution in [2.45, 2.75) is 38.1 Å². The number of aliphatic hydroxyl groups excluding tert-OH is 1. The van der Waals surface area contributed by atoms with Gasteiger partial charge in [-0.25, -0.2) is 13.6 Å². The number of sulfonamides is 1. The Hall–Kier alpha value is -1.31. The summed E-state index contributed by atoms with van der Waals surface area (Å²) in [6.45, 7) is 6.24. The Morgan fingerprint density at radius 3 is 2.35 bits per heavy atom. The van der Waals surface area contributed by atoms with Gasteiger partial charge in [0.25, 0.3) is 0 Å². The van der Waals surface area contributed by atoms with Crippen molar-refractivity contribution < 1.29 is 13.5 Å². The molecule has 7 heteroatoms. The standard InChI is InChI=1S/C13H23N3O3S/c1-13(2,3)12(6-7-17)16-9-4-5-11(10(14)8-9)20(15,18)19/h4-5,8,12,16-17H,6-7,14H2,1-3H3,(H2,15,18,19). The van der Waals surface area contributed by atoms with Gasteiger partial charge in [0.2, 0.25) is 10.0 Å². The maximum absolute atomic E-state index is 11.3. The number of nitrogen functional groups attached to an aromatic ring is 1. The monoisotopic (exact) mass is 301 g/mol. The molecule has 6 nitrogen and oxygen atoms in total. The first-order valence-electron chi connectivity index (χ1n) is 6.35. The van der Waals surface area contributed by atoms with Crippen molar-refractivity contribution >= 4 is 21.4 Å². The number of rotatable bonds is 5. The van der Waals surface area contributed by atoms with Crippen molar-refractivity contribution in [3.8, 4) is 0 Å². The maximum Gasteiger partial charge on any atom is 0.240 e. The molecule has 0 bridgehead atoms. The lowest BCUT2D eigenvalue weighted by molar-refractivity contribution is 0.235. The average Bonchev–Trinajstić information content (AvgIpc) is 2.25. The molecule has 0 aliphatic heterocycles. The molecule has 1 aromatic rings. The quantitative estimate of drug-likeness (QED) is 0.608. The van der Waals surface area contributed by atoms with Gasteiger partial charge in [-0.1, -0.05) is 20.8 Å². The summed E-state index contributed by atoms with van der Waals surface area (Å²) in [5.41, 5.74) is 6.46. The number of nitrogens with one attached hydrogen (secondary N) is 1. The van der Waals surface area contributed by atoms with E-state index < -0.39 is 10.0 Å². The summed E-state index contributed by atoms with van der Waals surface area (Å²) < 4.78 is 22.6. The highest BCUT2D eigenvalue weighted by Crippen LogP contribution is 2.28. The molecule has 0 heterocycles. The van der Waals surface area contributed by atoms with E-state index in [0.29, 0.717) is 12.1 Å². The van der Waals surface area contributed by atoms with Gasteiger partial charge < -0.3 is 16.2 Å². The lowest BCUT2D eigenvalue weighted by atomic mass is 9.85. The van der Waals surface area contributed by atoms with Crippen molar-refractivity contribution in [1.29, 1.82) is 0 Å². The SMILES string of the molecule is CC(C)(C)C(CCO)Nc1ccc(S(N)(=O)=O)c(N)c1. The first-order chi connectivity index (χ1) is 9.05. The number of nitrogens with two attached hydrogens (primary N) is 2. The Kier molecular flexibility index (Phi) is 5.01. The number of hydrogen-bond donors (Lipinski definition) is 4. The van der Waals surface area contributed by atoms with Crippen LogP contribution in [0, 0.1) is 5.41 Å². The summed E-state index contributed by atoms with van der Waals surface area (Å²) in [5, 5.41) is 17.5. The molecule has 1 aromatic carbocycles. The summed E-state index contributed by atoms with van der Waals surface area (Å²) >= 11 is 0. The lowest BCUT2D eigenvalue weighted by Crippen LogP contribution is -2.34. The zero-order valence-electron chi connectivity index (χ0n) is 12.1. The average molecular weight is 301 g/mol. The van der Waals surface area contributed by atoms with Crippen LogP contribution >= 0.6 is 0 Å². The minimum atomic E-state index is -3.81. The summed E-state index contributed by atoms with van der Waals surface area (Å²) in [6.07, 6.45) is 0.584. The molecule has 1 atom stereocenters. The van der Waals surface area contributed by atoms with Gasteiger partial charge in [0.05, 0.1) is 5.69 Å². The van der Waals surface area contributed by atoms with Gasteiger partial charge in [0.1, 0.15) is 4.90 Å². The lowest BCUT2D eigenvalue weighted by Gasteiger charge is -2.32. The molecule has 0 radical (unpaired) electrons. The highest BCUT2D eigenvalue weighted by Gasteiger charge is 2.24. The smallest absolute Gasteiger partial charge is 0.240 e. The van der Waals surface area contributed by atoms with Crippen LogP contribution in [0.1, 0.15) is 27.2 Å². The van der Waals surface area contributed by atoms with Crippen molar-refractivity contribution in [3.05, 3.63) is 18.2 Å². The van der Waals surface area contributed by atoms with Crippen LogP contribution in [0.25, 0.3) is 0 Å². The number of anilines is 2. The van der Waals surface area contributed by atoms with E-state index >= 15 is 0 Å². The second-order valence-electron chi connectivity index (χ2n) is 5.87. The minimum Gasteiger partial charge on any atom is -0.398 e. The van der Waals surface area contributed by atoms with Crippen LogP contribution in [-0.4, -0.2) is 26.2 Å². The fourth-order valence-corrected chi connectivity index (χ4v) is 2.59. The first kappa shape index (κ1) is 16.7. The molecule has 6 N–H and O–H groups in total. The van der Waals surface area contributed by atoms with E-state index in [-0.39, 0.29) is 28.6 Å². The number of hydrogen-bond acceptors (Lipinski definition) is 5. The van der Waals surface area contributed by atoms with E-state index in [1.807, 2.05) is 0 Å². The van der Waals surface area contributed by atoms with Crippen LogP contribution in [0.4, 0.5) is 11.4 Å². The van der Waals surface area contributed by atoms with Crippen molar-refractivity contribution in [3.63, 3.8) is 0 Å². The Morgan fingerprint density at radius 2 is 1.95 bits per heavy atom. The minimum absolute atomic E-state index is 0.0345. The number of aliphatic hydroxyl groups is 1. The third-order valence-corrected chi connectivity index (χ3v) is 4.11. The van der Waals surface area contributed by atoms with E-state index in [9.17, 15) is 8.42 Å². The van der Waals surface area contributed by atoms with Crippen LogP contribution in [-0.2, 0) is 10.0 Å². The Morgan fingerprint density at radius 1 is 1.35 bits per heavy atom. The maximum atomic E-state index is 11.3. The molecule has 0 spiro atoms. The summed E-state index contributed by atoms with van der Waals surface area (Å²) in [7, 11) is -3.81. The Bertz CT molecular complexity index is 565. The van der Waals surface area contributed by atoms with Gasteiger partial charge in [0.15, 0.2) is 0 Å². The molecule has 0 saturated heterocycles. The second kappa shape index (κ2) is 5.99. The largest absolute Gasteiger partial charge is 0.398 e. The molecule has 1 rings (SSSR count). The third kappa shape index (κ3) is 4.36. The van der Waals surface area contributed by atoms with Gasteiger partial charge in [-0.15, -0.1) is 0 Å². The fraction of sp³-hybridized carbons (Fsp3) is 0.538. The predicted molar refractivity (Wildman–Crippen MR) is 80.8 cm³/mol. The molecule has 114 valence electrons. The molecule has 0 aromatic heterocycles. The van der Waals surface area contributed by atoms with Crippen molar-refractivity contribution in [1.82, 2.24) is 0 Å². The second-order valence-corrected chi connectivity index (χ2v) is 7.40. The third-order valence-electron chi connectivity index (χ3n) is 3.12. The molecule has 0 amide bonds. The highest BCUT2D eigenvalue weighted by atomic mass is 32.2. The first-order valence-corrected chi connectivity index (χ1v) is 7.90. The molecule has 20 heavy (non-hydrogen) atoms. The number of benzene rings is 1. The summed E-state index contributed by atoms with van der Waals surface area (Å²) in [4.78, 5) is -0.0856. The Balaban J connectivity index is 3.02. The van der Waals surface area contributed by atoms with E-state index in [0.717, 1.165) is 0 Å². The van der Waals surface area contributed by atoms with E-state index in [1.165, 1.54) is 12.1 Å². The van der Waals surface area contributed by atoms with E-state index in [1.54, 1.807) is 6.07 Å². The molecule has 0 fully saturated rings. The summed E-state index contributed by atoms with van der Waals surface area (Å²) in [6, 6.07) is 4.57. The van der Waals surface area contributed by atoms with Gasteiger partial charge in [-0.05, 0) is 30.0 Å². The fourth-order valence-electron chi connectivity index (χ4n) is 1.95. The van der Waals surface area contributed by atoms with Gasteiger partial charge in [-0.3, -0.25) is 0 Å². The van der Waals surface area contributed by atoms with Gasteiger partial charge in [0, 0.05) is 18.3 Å². The van der Waals surface area contributed by atoms with Crippen molar-refractivity contribution in [2.24, 2.45) is 10.6 Å². The molecule has 1 unspecified atom stereocenters. The van der Waals surface area contributed by atoms with Crippen molar-refractivity contribution in [2.75, 3.05) is 17.7 Å². The van der Waals surface area contributed by atoms with Crippen LogP contribution in [0.5, 0.6) is 0 Å². The van der Waals surface area contributed by atoms with Crippen LogP contribution in [0.3, 0.4) is 0 Å². The molecule has 0 saturated carbocycles.